The smallest absolute Gasteiger partial charge is 0.247 e. The Balaban J connectivity index is 1.90. The molecule has 0 spiro atoms. The molecular weight excluding hydrogens is 522 g/mol. The third-order valence-electron chi connectivity index (χ3n) is 7.49. The van der Waals surface area contributed by atoms with Crippen LogP contribution in [-0.4, -0.2) is 67.8 Å². The number of anilines is 2. The predicted molar refractivity (Wildman–Crippen MR) is 178 cm³/mol. The summed E-state index contributed by atoms with van der Waals surface area (Å²) in [6, 6.07) is 16.8. The molecule has 218 valence electrons. The zero-order valence-corrected chi connectivity index (χ0v) is 25.5. The maximum Gasteiger partial charge on any atom is 0.247 e. The number of H-pyrrole nitrogens is 1. The summed E-state index contributed by atoms with van der Waals surface area (Å²) in [6.45, 7) is 9.53. The van der Waals surface area contributed by atoms with Crippen LogP contribution in [0, 0.1) is 6.92 Å². The molecule has 0 radical (unpaired) electrons. The highest BCUT2D eigenvalue weighted by molar-refractivity contribution is 6.24. The maximum absolute atomic E-state index is 12.2. The van der Waals surface area contributed by atoms with Crippen LogP contribution in [0.1, 0.15) is 24.5 Å². The van der Waals surface area contributed by atoms with Gasteiger partial charge in [0.15, 0.2) is 0 Å². The number of allylic oxidation sites excluding steroid dienone is 1. The van der Waals surface area contributed by atoms with Crippen LogP contribution in [0.5, 0.6) is 0 Å². The predicted octanol–water partition coefficient (Wildman–Crippen LogP) is 6.11. The SMILES string of the molecule is C=CC(=O)Nc1cc(-c2c(-c3ccc(N(C)CCN(C)C)cc3)[nH]c3ncc(/C(=C/N)C(CC)=NC)cc23)ccc1C. The number of aromatic nitrogens is 2. The molecular formula is C34H41N7O. The Morgan fingerprint density at radius 1 is 1.10 bits per heavy atom. The molecule has 0 atom stereocenters. The van der Waals surface area contributed by atoms with E-state index in [-0.39, 0.29) is 5.91 Å². The molecule has 0 fully saturated rings. The first kappa shape index (κ1) is 30.3. The van der Waals surface area contributed by atoms with Gasteiger partial charge < -0.3 is 25.8 Å². The van der Waals surface area contributed by atoms with Gasteiger partial charge in [0.2, 0.25) is 5.91 Å². The molecule has 0 saturated heterocycles. The van der Waals surface area contributed by atoms with Crippen LogP contribution >= 0.6 is 0 Å². The zero-order chi connectivity index (χ0) is 30.4. The van der Waals surface area contributed by atoms with Gasteiger partial charge in [-0.2, -0.15) is 0 Å². The summed E-state index contributed by atoms with van der Waals surface area (Å²) in [5.41, 5.74) is 16.3. The number of nitrogens with two attached hydrogens (primary N) is 1. The molecule has 42 heavy (non-hydrogen) atoms. The van der Waals surface area contributed by atoms with Crippen molar-refractivity contribution in [2.24, 2.45) is 10.7 Å². The molecule has 8 nitrogen and oxygen atoms in total. The lowest BCUT2D eigenvalue weighted by Crippen LogP contribution is -2.28. The lowest BCUT2D eigenvalue weighted by molar-refractivity contribution is -0.111. The van der Waals surface area contributed by atoms with Gasteiger partial charge in [0.05, 0.1) is 5.69 Å². The number of amides is 1. The van der Waals surface area contributed by atoms with Gasteiger partial charge >= 0.3 is 0 Å². The molecule has 2 aromatic carbocycles. The second-order valence-corrected chi connectivity index (χ2v) is 10.6. The molecule has 0 saturated carbocycles. The zero-order valence-electron chi connectivity index (χ0n) is 25.5. The minimum Gasteiger partial charge on any atom is -0.404 e. The van der Waals surface area contributed by atoms with Crippen LogP contribution in [0.3, 0.4) is 0 Å². The van der Waals surface area contributed by atoms with Gasteiger partial charge in [-0.1, -0.05) is 37.8 Å². The fraction of sp³-hybridized carbons (Fsp3) is 0.265. The number of likely N-dealkylation sites (N-methyl/N-ethyl adjacent to an activating group) is 2. The van der Waals surface area contributed by atoms with Gasteiger partial charge in [-0.05, 0) is 74.5 Å². The minimum absolute atomic E-state index is 0.254. The van der Waals surface area contributed by atoms with E-state index in [0.717, 1.165) is 86.7 Å². The Hall–Kier alpha value is -4.69. The van der Waals surface area contributed by atoms with Crippen molar-refractivity contribution >= 4 is 39.6 Å². The van der Waals surface area contributed by atoms with Crippen LogP contribution < -0.4 is 16.0 Å². The number of aryl methyl sites for hydroxylation is 1. The van der Waals surface area contributed by atoms with E-state index in [4.69, 9.17) is 10.7 Å². The van der Waals surface area contributed by atoms with Crippen molar-refractivity contribution in [3.05, 3.63) is 84.7 Å². The standard InChI is InChI=1S/C34H41N7O/c1-8-29(36-4)28(20-35)25-18-27-32(24-11-10-22(3)30(19-24)38-31(42)9-2)33(39-34(27)37-21-25)23-12-14-26(15-13-23)41(7)17-16-40(5)6/h9-15,18-21H,2,8,16-17,35H2,1,3-7H3,(H,37,39)(H,38,42)/b28-20-,36-29?. The number of nitrogens with one attached hydrogen (secondary N) is 2. The Morgan fingerprint density at radius 2 is 1.81 bits per heavy atom. The molecule has 4 N–H and O–H groups in total. The van der Waals surface area contributed by atoms with Gasteiger partial charge in [0.25, 0.3) is 0 Å². The number of aliphatic imine (C=N–C) groups is 1. The van der Waals surface area contributed by atoms with E-state index in [2.05, 4.69) is 96.1 Å². The number of carbonyl (C=O) groups is 1. The molecule has 4 aromatic rings. The summed E-state index contributed by atoms with van der Waals surface area (Å²) in [5.74, 6) is -0.254. The van der Waals surface area contributed by atoms with E-state index < -0.39 is 0 Å². The molecule has 0 aliphatic rings. The Morgan fingerprint density at radius 3 is 2.43 bits per heavy atom. The van der Waals surface area contributed by atoms with Crippen molar-refractivity contribution in [1.29, 1.82) is 0 Å². The summed E-state index contributed by atoms with van der Waals surface area (Å²) >= 11 is 0. The minimum atomic E-state index is -0.254. The summed E-state index contributed by atoms with van der Waals surface area (Å²) in [7, 11) is 8.05. The molecule has 0 aliphatic heterocycles. The molecule has 2 aromatic heterocycles. The number of hydrogen-bond acceptors (Lipinski definition) is 6. The van der Waals surface area contributed by atoms with Crippen LogP contribution in [0.2, 0.25) is 0 Å². The average molecular weight is 564 g/mol. The van der Waals surface area contributed by atoms with Gasteiger partial charge in [-0.15, -0.1) is 0 Å². The number of pyridine rings is 1. The lowest BCUT2D eigenvalue weighted by atomic mass is 9.95. The van der Waals surface area contributed by atoms with Crippen LogP contribution in [0.15, 0.2) is 78.6 Å². The molecule has 0 unspecified atom stereocenters. The van der Waals surface area contributed by atoms with Crippen molar-refractivity contribution in [3.8, 4) is 22.4 Å². The van der Waals surface area contributed by atoms with Crippen molar-refractivity contribution in [2.75, 3.05) is 51.5 Å². The quantitative estimate of drug-likeness (QED) is 0.151. The number of hydrogen-bond donors (Lipinski definition) is 3. The topological polar surface area (TPSA) is 103 Å². The molecule has 0 bridgehead atoms. The van der Waals surface area contributed by atoms with E-state index in [0.29, 0.717) is 0 Å². The van der Waals surface area contributed by atoms with Gasteiger partial charge in [-0.3, -0.25) is 9.79 Å². The Bertz CT molecular complexity index is 1640. The first-order valence-corrected chi connectivity index (χ1v) is 14.1. The third kappa shape index (κ3) is 6.44. The highest BCUT2D eigenvalue weighted by Gasteiger charge is 2.19. The fourth-order valence-electron chi connectivity index (χ4n) is 5.02. The average Bonchev–Trinajstić information content (AvgIpc) is 3.38. The van der Waals surface area contributed by atoms with Crippen LogP contribution in [-0.2, 0) is 4.79 Å². The number of aromatic amines is 1. The Kier molecular flexibility index (Phi) is 9.60. The van der Waals surface area contributed by atoms with Crippen molar-refractivity contribution in [3.63, 3.8) is 0 Å². The molecule has 1 amide bonds. The normalized spacial score (nSPS) is 12.2. The first-order chi connectivity index (χ1) is 20.2. The number of carbonyl (C=O) groups excluding carboxylic acids is 1. The van der Waals surface area contributed by atoms with Crippen molar-refractivity contribution < 1.29 is 4.79 Å². The highest BCUT2D eigenvalue weighted by Crippen LogP contribution is 2.40. The summed E-state index contributed by atoms with van der Waals surface area (Å²) in [6.07, 6.45) is 5.46. The second kappa shape index (κ2) is 13.3. The third-order valence-corrected chi connectivity index (χ3v) is 7.49. The summed E-state index contributed by atoms with van der Waals surface area (Å²) < 4.78 is 0. The molecule has 4 rings (SSSR count). The maximum atomic E-state index is 12.2. The first-order valence-electron chi connectivity index (χ1n) is 14.1. The highest BCUT2D eigenvalue weighted by atomic mass is 16.1. The molecule has 0 aliphatic carbocycles. The number of rotatable bonds is 11. The summed E-state index contributed by atoms with van der Waals surface area (Å²) in [4.78, 5) is 29.5. The van der Waals surface area contributed by atoms with Crippen molar-refractivity contribution in [1.82, 2.24) is 14.9 Å². The molecule has 8 heteroatoms. The number of fused-ring (bicyclic) bond motifs is 1. The fourth-order valence-corrected chi connectivity index (χ4v) is 5.02. The van der Waals surface area contributed by atoms with E-state index in [1.54, 1.807) is 13.2 Å². The largest absolute Gasteiger partial charge is 0.404 e. The molecule has 2 heterocycles. The Labute approximate surface area is 248 Å². The van der Waals surface area contributed by atoms with E-state index in [1.807, 2.05) is 25.3 Å². The second-order valence-electron chi connectivity index (χ2n) is 10.6. The summed E-state index contributed by atoms with van der Waals surface area (Å²) in [5, 5.41) is 3.89. The van der Waals surface area contributed by atoms with Gasteiger partial charge in [0, 0.05) is 78.8 Å². The lowest BCUT2D eigenvalue weighted by Gasteiger charge is -2.21. The van der Waals surface area contributed by atoms with Crippen LogP contribution in [0.4, 0.5) is 11.4 Å². The van der Waals surface area contributed by atoms with Crippen molar-refractivity contribution in [2.45, 2.75) is 20.3 Å². The number of benzene rings is 2. The van der Waals surface area contributed by atoms with E-state index in [9.17, 15) is 4.79 Å². The van der Waals surface area contributed by atoms with E-state index >= 15 is 0 Å². The van der Waals surface area contributed by atoms with Gasteiger partial charge in [-0.25, -0.2) is 4.98 Å². The number of nitrogens with zero attached hydrogens (tertiary/aromatic N) is 4. The van der Waals surface area contributed by atoms with Crippen LogP contribution in [0.25, 0.3) is 39.0 Å². The monoisotopic (exact) mass is 563 g/mol. The van der Waals surface area contributed by atoms with E-state index in [1.165, 1.54) is 6.08 Å². The van der Waals surface area contributed by atoms with Gasteiger partial charge in [0.1, 0.15) is 5.65 Å².